The highest BCUT2D eigenvalue weighted by Crippen LogP contribution is 2.13. The van der Waals surface area contributed by atoms with Crippen molar-refractivity contribution in [2.24, 2.45) is 0 Å². The Morgan fingerprint density at radius 1 is 1.28 bits per heavy atom. The molecule has 1 aliphatic rings. The zero-order valence-corrected chi connectivity index (χ0v) is 14.3. The van der Waals surface area contributed by atoms with Crippen LogP contribution in [0.1, 0.15) is 11.4 Å². The summed E-state index contributed by atoms with van der Waals surface area (Å²) >= 11 is 0. The van der Waals surface area contributed by atoms with Crippen molar-refractivity contribution in [3.63, 3.8) is 0 Å². The molecule has 2 heterocycles. The molecule has 2 N–H and O–H groups in total. The van der Waals surface area contributed by atoms with Gasteiger partial charge in [-0.05, 0) is 36.4 Å². The molecule has 8 nitrogen and oxygen atoms in total. The maximum Gasteiger partial charge on any atom is 0.216 e. The first kappa shape index (κ1) is 17.1. The van der Waals surface area contributed by atoms with Crippen LogP contribution in [0.3, 0.4) is 0 Å². The summed E-state index contributed by atoms with van der Waals surface area (Å²) in [5.41, 5.74) is 2.56. The molecule has 8 heteroatoms. The molecule has 1 aromatic carbocycles. The molecule has 0 unspecified atom stereocenters. The number of tetrazole rings is 1. The van der Waals surface area contributed by atoms with E-state index in [2.05, 4.69) is 61.0 Å². The van der Waals surface area contributed by atoms with E-state index in [0.29, 0.717) is 5.57 Å². The van der Waals surface area contributed by atoms with Crippen molar-refractivity contribution in [1.82, 2.24) is 30.4 Å². The number of rotatable bonds is 6. The number of nitrogens with one attached hydrogen (secondary N) is 2. The molecule has 0 aliphatic carbocycles. The number of benzene rings is 1. The van der Waals surface area contributed by atoms with Crippen molar-refractivity contribution in [1.29, 1.82) is 5.26 Å². The van der Waals surface area contributed by atoms with Gasteiger partial charge in [0.2, 0.25) is 5.82 Å². The SMILES string of the molecule is CN1CCN(CCc2ccc(NC=C(C#N)c3nn[nH]n3)cc2)CC1. The zero-order chi connectivity index (χ0) is 17.5. The number of H-pyrrole nitrogens is 1. The average molecular weight is 338 g/mol. The topological polar surface area (TPSA) is 96.8 Å². The second kappa shape index (κ2) is 8.37. The molecule has 1 fully saturated rings. The van der Waals surface area contributed by atoms with E-state index in [0.717, 1.165) is 44.8 Å². The highest BCUT2D eigenvalue weighted by atomic mass is 15.5. The molecule has 0 radical (unpaired) electrons. The largest absolute Gasteiger partial charge is 0.360 e. The summed E-state index contributed by atoms with van der Waals surface area (Å²) in [5.74, 6) is 0.277. The maximum atomic E-state index is 9.14. The predicted octanol–water partition coefficient (Wildman–Crippen LogP) is 0.966. The number of aromatic nitrogens is 4. The Bertz CT molecular complexity index is 721. The van der Waals surface area contributed by atoms with Crippen LogP contribution < -0.4 is 5.32 Å². The van der Waals surface area contributed by atoms with Crippen molar-refractivity contribution in [3.05, 3.63) is 41.9 Å². The Morgan fingerprint density at radius 3 is 2.68 bits per heavy atom. The average Bonchev–Trinajstić information content (AvgIpc) is 3.17. The van der Waals surface area contributed by atoms with Crippen LogP contribution in [-0.2, 0) is 6.42 Å². The molecular weight excluding hydrogens is 316 g/mol. The van der Waals surface area contributed by atoms with Crippen molar-refractivity contribution >= 4 is 11.3 Å². The van der Waals surface area contributed by atoms with Gasteiger partial charge < -0.3 is 15.1 Å². The van der Waals surface area contributed by atoms with Gasteiger partial charge in [-0.25, -0.2) is 0 Å². The summed E-state index contributed by atoms with van der Waals surface area (Å²) in [6.07, 6.45) is 2.64. The van der Waals surface area contributed by atoms with Gasteiger partial charge in [-0.2, -0.15) is 10.5 Å². The van der Waals surface area contributed by atoms with E-state index >= 15 is 0 Å². The summed E-state index contributed by atoms with van der Waals surface area (Å²) in [5, 5.41) is 25.6. The van der Waals surface area contributed by atoms with Crippen LogP contribution in [0.2, 0.25) is 0 Å². The number of aromatic amines is 1. The fraction of sp³-hybridized carbons (Fsp3) is 0.412. The lowest BCUT2D eigenvalue weighted by Gasteiger charge is -2.32. The number of hydrogen-bond acceptors (Lipinski definition) is 7. The smallest absolute Gasteiger partial charge is 0.216 e. The van der Waals surface area contributed by atoms with E-state index in [4.69, 9.17) is 5.26 Å². The van der Waals surface area contributed by atoms with Crippen molar-refractivity contribution in [2.45, 2.75) is 6.42 Å². The number of allylic oxidation sites excluding steroid dienone is 1. The molecule has 2 aromatic rings. The van der Waals surface area contributed by atoms with Crippen molar-refractivity contribution < 1.29 is 0 Å². The predicted molar refractivity (Wildman–Crippen MR) is 95.5 cm³/mol. The molecule has 0 spiro atoms. The second-order valence-corrected chi connectivity index (χ2v) is 6.14. The lowest BCUT2D eigenvalue weighted by atomic mass is 10.1. The van der Waals surface area contributed by atoms with E-state index in [1.54, 1.807) is 6.20 Å². The standard InChI is InChI=1S/C17H22N8/c1-24-8-10-25(11-9-24)7-6-14-2-4-16(5-3-14)19-13-15(12-18)17-20-22-23-21-17/h2-5,13,19H,6-11H2,1H3,(H,20,21,22,23). The number of nitrogens with zero attached hydrogens (tertiary/aromatic N) is 6. The van der Waals surface area contributed by atoms with Gasteiger partial charge in [-0.3, -0.25) is 0 Å². The Labute approximate surface area is 147 Å². The molecule has 0 atom stereocenters. The Kier molecular flexibility index (Phi) is 5.72. The van der Waals surface area contributed by atoms with Gasteiger partial charge in [0.1, 0.15) is 11.6 Å². The number of piperazine rings is 1. The molecule has 1 aromatic heterocycles. The van der Waals surface area contributed by atoms with E-state index in [1.165, 1.54) is 5.56 Å². The normalized spacial score (nSPS) is 16.6. The third kappa shape index (κ3) is 4.86. The van der Waals surface area contributed by atoms with Gasteiger partial charge in [-0.15, -0.1) is 10.2 Å². The summed E-state index contributed by atoms with van der Waals surface area (Å²) in [6.45, 7) is 5.69. The Morgan fingerprint density at radius 2 is 2.04 bits per heavy atom. The first-order chi connectivity index (χ1) is 12.2. The number of nitriles is 1. The molecule has 130 valence electrons. The second-order valence-electron chi connectivity index (χ2n) is 6.14. The lowest BCUT2D eigenvalue weighted by Crippen LogP contribution is -2.45. The van der Waals surface area contributed by atoms with E-state index in [-0.39, 0.29) is 5.82 Å². The summed E-state index contributed by atoms with van der Waals surface area (Å²) in [7, 11) is 2.17. The highest BCUT2D eigenvalue weighted by molar-refractivity contribution is 5.73. The summed E-state index contributed by atoms with van der Waals surface area (Å²) in [6, 6.07) is 10.3. The summed E-state index contributed by atoms with van der Waals surface area (Å²) < 4.78 is 0. The number of anilines is 1. The maximum absolute atomic E-state index is 9.14. The molecule has 0 bridgehead atoms. The van der Waals surface area contributed by atoms with E-state index < -0.39 is 0 Å². The van der Waals surface area contributed by atoms with Crippen LogP contribution in [0.4, 0.5) is 5.69 Å². The molecule has 3 rings (SSSR count). The number of likely N-dealkylation sites (N-methyl/N-ethyl adjacent to an activating group) is 1. The Balaban J connectivity index is 1.51. The van der Waals surface area contributed by atoms with Gasteiger partial charge in [-0.1, -0.05) is 12.1 Å². The van der Waals surface area contributed by atoms with Gasteiger partial charge in [0.15, 0.2) is 0 Å². The Hall–Kier alpha value is -2.76. The summed E-state index contributed by atoms with van der Waals surface area (Å²) in [4.78, 5) is 4.88. The third-order valence-electron chi connectivity index (χ3n) is 4.36. The molecule has 1 aliphatic heterocycles. The first-order valence-electron chi connectivity index (χ1n) is 8.35. The first-order valence-corrected chi connectivity index (χ1v) is 8.35. The van der Waals surface area contributed by atoms with Crippen LogP contribution in [0.15, 0.2) is 30.5 Å². The lowest BCUT2D eigenvalue weighted by molar-refractivity contribution is 0.155. The van der Waals surface area contributed by atoms with Crippen LogP contribution in [0.5, 0.6) is 0 Å². The minimum absolute atomic E-state index is 0.277. The monoisotopic (exact) mass is 338 g/mol. The fourth-order valence-corrected chi connectivity index (χ4v) is 2.70. The zero-order valence-electron chi connectivity index (χ0n) is 14.3. The minimum atomic E-state index is 0.277. The third-order valence-corrected chi connectivity index (χ3v) is 4.36. The van der Waals surface area contributed by atoms with Crippen LogP contribution in [0.25, 0.3) is 5.57 Å². The van der Waals surface area contributed by atoms with Gasteiger partial charge in [0, 0.05) is 44.6 Å². The molecule has 0 saturated carbocycles. The van der Waals surface area contributed by atoms with Gasteiger partial charge in [0.25, 0.3) is 0 Å². The van der Waals surface area contributed by atoms with E-state index in [1.807, 2.05) is 12.1 Å². The number of hydrogen-bond donors (Lipinski definition) is 2. The molecule has 25 heavy (non-hydrogen) atoms. The quantitative estimate of drug-likeness (QED) is 0.757. The molecule has 1 saturated heterocycles. The molecular formula is C17H22N8. The molecule has 0 amide bonds. The van der Waals surface area contributed by atoms with Crippen LogP contribution >= 0.6 is 0 Å². The van der Waals surface area contributed by atoms with Crippen molar-refractivity contribution in [3.8, 4) is 6.07 Å². The minimum Gasteiger partial charge on any atom is -0.360 e. The van der Waals surface area contributed by atoms with Crippen LogP contribution in [-0.4, -0.2) is 70.2 Å². The van der Waals surface area contributed by atoms with Gasteiger partial charge in [0.05, 0.1) is 0 Å². The van der Waals surface area contributed by atoms with E-state index in [9.17, 15) is 0 Å². The fourth-order valence-electron chi connectivity index (χ4n) is 2.70. The van der Waals surface area contributed by atoms with Gasteiger partial charge >= 0.3 is 0 Å². The van der Waals surface area contributed by atoms with Crippen molar-refractivity contribution in [2.75, 3.05) is 45.1 Å². The van der Waals surface area contributed by atoms with Crippen LogP contribution in [0, 0.1) is 11.3 Å². The highest BCUT2D eigenvalue weighted by Gasteiger charge is 2.13.